The van der Waals surface area contributed by atoms with Gasteiger partial charge in [-0.05, 0) is 24.5 Å². The Balaban J connectivity index is 1.79. The first-order valence-corrected chi connectivity index (χ1v) is 9.68. The van der Waals surface area contributed by atoms with E-state index in [9.17, 15) is 0 Å². The van der Waals surface area contributed by atoms with Crippen molar-refractivity contribution in [2.24, 2.45) is 5.92 Å². The quantitative estimate of drug-likeness (QED) is 0.661. The van der Waals surface area contributed by atoms with E-state index < -0.39 is 0 Å². The van der Waals surface area contributed by atoms with Gasteiger partial charge >= 0.3 is 0 Å². The Morgan fingerprint density at radius 1 is 1.31 bits per heavy atom. The van der Waals surface area contributed by atoms with E-state index in [0.717, 1.165) is 60.4 Å². The normalized spacial score (nSPS) is 17.6. The zero-order valence-corrected chi connectivity index (χ0v) is 15.9. The van der Waals surface area contributed by atoms with Gasteiger partial charge in [0.1, 0.15) is 23.2 Å². The molecule has 1 unspecified atom stereocenters. The molecule has 1 aromatic carbocycles. The van der Waals surface area contributed by atoms with Crippen molar-refractivity contribution in [2.45, 2.75) is 52.7 Å². The number of rotatable bonds is 6. The van der Waals surface area contributed by atoms with E-state index >= 15 is 0 Å². The molecule has 2 aromatic heterocycles. The lowest BCUT2D eigenvalue weighted by Crippen LogP contribution is -2.15. The van der Waals surface area contributed by atoms with Crippen molar-refractivity contribution in [3.63, 3.8) is 0 Å². The summed E-state index contributed by atoms with van der Waals surface area (Å²) in [5, 5.41) is 1.15. The fourth-order valence-corrected chi connectivity index (χ4v) is 3.69. The van der Waals surface area contributed by atoms with Crippen LogP contribution in [-0.4, -0.2) is 33.9 Å². The Morgan fingerprint density at radius 2 is 2.19 bits per heavy atom. The Morgan fingerprint density at radius 3 is 2.92 bits per heavy atom. The zero-order chi connectivity index (χ0) is 18.1. The van der Waals surface area contributed by atoms with Crippen LogP contribution in [0.15, 0.2) is 24.4 Å². The predicted molar refractivity (Wildman–Crippen MR) is 104 cm³/mol. The smallest absolute Gasteiger partial charge is 0.124 e. The number of nitrogens with zero attached hydrogens (tertiary/aromatic N) is 3. The summed E-state index contributed by atoms with van der Waals surface area (Å²) in [5.41, 5.74) is 3.14. The van der Waals surface area contributed by atoms with E-state index in [4.69, 9.17) is 14.5 Å². The molecule has 0 amide bonds. The molecule has 0 N–H and O–H groups in total. The van der Waals surface area contributed by atoms with Crippen LogP contribution in [0.3, 0.4) is 0 Å². The Labute approximate surface area is 154 Å². The van der Waals surface area contributed by atoms with Crippen LogP contribution >= 0.6 is 0 Å². The van der Waals surface area contributed by atoms with Gasteiger partial charge in [-0.15, -0.1) is 0 Å². The minimum Gasteiger partial charge on any atom is -0.488 e. The van der Waals surface area contributed by atoms with Crippen LogP contribution in [0.2, 0.25) is 0 Å². The number of aryl methyl sites for hydroxylation is 1. The molecule has 1 atom stereocenters. The van der Waals surface area contributed by atoms with Gasteiger partial charge in [-0.1, -0.05) is 20.8 Å². The average Bonchev–Trinajstić information content (AvgIpc) is 3.23. The van der Waals surface area contributed by atoms with E-state index in [2.05, 4.69) is 36.4 Å². The van der Waals surface area contributed by atoms with E-state index in [1.54, 1.807) is 0 Å². The molecular formula is C21H27N3O2. The topological polar surface area (TPSA) is 49.2 Å². The number of hydrogen-bond acceptors (Lipinski definition) is 4. The summed E-state index contributed by atoms with van der Waals surface area (Å²) in [5.74, 6) is 2.59. The lowest BCUT2D eigenvalue weighted by Gasteiger charge is -2.14. The Hall–Kier alpha value is -2.14. The van der Waals surface area contributed by atoms with Gasteiger partial charge in [0.05, 0.1) is 30.4 Å². The number of benzene rings is 1. The summed E-state index contributed by atoms with van der Waals surface area (Å²) >= 11 is 0. The Bertz CT molecular complexity index is 910. The zero-order valence-electron chi connectivity index (χ0n) is 15.9. The van der Waals surface area contributed by atoms with Gasteiger partial charge in [-0.25, -0.2) is 4.98 Å². The molecule has 1 aliphatic heterocycles. The van der Waals surface area contributed by atoms with Crippen molar-refractivity contribution in [3.8, 4) is 5.75 Å². The minimum absolute atomic E-state index is 0.152. The van der Waals surface area contributed by atoms with Crippen LogP contribution in [-0.2, 0) is 17.7 Å². The van der Waals surface area contributed by atoms with Gasteiger partial charge in [0.15, 0.2) is 0 Å². The number of fused-ring (bicyclic) bond motifs is 3. The molecule has 3 heterocycles. The highest BCUT2D eigenvalue weighted by Gasteiger charge is 2.18. The molecule has 0 bridgehead atoms. The lowest BCUT2D eigenvalue weighted by atomic mass is 10.1. The summed E-state index contributed by atoms with van der Waals surface area (Å²) in [4.78, 5) is 9.52. The molecular weight excluding hydrogens is 326 g/mol. The summed E-state index contributed by atoms with van der Waals surface area (Å²) in [6.45, 7) is 9.13. The molecule has 4 rings (SSSR count). The maximum atomic E-state index is 6.05. The van der Waals surface area contributed by atoms with Crippen LogP contribution in [0.4, 0.5) is 0 Å². The molecule has 5 heteroatoms. The maximum absolute atomic E-state index is 6.05. The average molecular weight is 353 g/mol. The van der Waals surface area contributed by atoms with Gasteiger partial charge in [-0.2, -0.15) is 0 Å². The van der Waals surface area contributed by atoms with Crippen LogP contribution in [0, 0.1) is 5.92 Å². The third kappa shape index (κ3) is 3.28. The van der Waals surface area contributed by atoms with Crippen molar-refractivity contribution in [1.29, 1.82) is 0 Å². The van der Waals surface area contributed by atoms with Crippen LogP contribution in [0.1, 0.15) is 39.4 Å². The highest BCUT2D eigenvalue weighted by molar-refractivity contribution is 6.02. The standard InChI is InChI=1S/C21H27N3O2/c1-4-5-20-23-19-11-22-18-10-15(26-16-8-9-25-13-16)6-7-17(18)21(19)24(20)12-14(2)3/h6-7,10-11,14,16H,4-5,8-9,12-13H2,1-3H3. The van der Waals surface area contributed by atoms with Crippen molar-refractivity contribution in [2.75, 3.05) is 13.2 Å². The molecule has 0 saturated carbocycles. The van der Waals surface area contributed by atoms with Gasteiger partial charge in [-0.3, -0.25) is 4.98 Å². The predicted octanol–water partition coefficient (Wildman–Crippen LogP) is 4.36. The van der Waals surface area contributed by atoms with E-state index in [-0.39, 0.29) is 6.10 Å². The first kappa shape index (κ1) is 17.3. The van der Waals surface area contributed by atoms with Gasteiger partial charge in [0.2, 0.25) is 0 Å². The molecule has 0 spiro atoms. The minimum atomic E-state index is 0.152. The fourth-order valence-electron chi connectivity index (χ4n) is 3.69. The molecule has 26 heavy (non-hydrogen) atoms. The summed E-state index contributed by atoms with van der Waals surface area (Å²) in [6, 6.07) is 6.22. The first-order valence-electron chi connectivity index (χ1n) is 9.68. The van der Waals surface area contributed by atoms with Crippen molar-refractivity contribution in [3.05, 3.63) is 30.2 Å². The van der Waals surface area contributed by atoms with Crippen molar-refractivity contribution < 1.29 is 9.47 Å². The van der Waals surface area contributed by atoms with Crippen LogP contribution in [0.25, 0.3) is 21.9 Å². The first-order chi connectivity index (χ1) is 12.7. The summed E-state index contributed by atoms with van der Waals surface area (Å²) in [7, 11) is 0. The number of imidazole rings is 1. The molecule has 1 fully saturated rings. The summed E-state index contributed by atoms with van der Waals surface area (Å²) < 4.78 is 13.8. The maximum Gasteiger partial charge on any atom is 0.124 e. The second-order valence-corrected chi connectivity index (χ2v) is 7.56. The third-order valence-electron chi connectivity index (χ3n) is 4.84. The van der Waals surface area contributed by atoms with Gasteiger partial charge in [0.25, 0.3) is 0 Å². The summed E-state index contributed by atoms with van der Waals surface area (Å²) in [6.07, 6.45) is 5.08. The van der Waals surface area contributed by atoms with Crippen LogP contribution < -0.4 is 4.74 Å². The molecule has 138 valence electrons. The molecule has 0 radical (unpaired) electrons. The number of ether oxygens (including phenoxy) is 2. The van der Waals surface area contributed by atoms with Crippen molar-refractivity contribution in [1.82, 2.24) is 14.5 Å². The molecule has 1 saturated heterocycles. The SMILES string of the molecule is CCCc1nc2cnc3cc(OC4CCOC4)ccc3c2n1CC(C)C. The highest BCUT2D eigenvalue weighted by Crippen LogP contribution is 2.29. The largest absolute Gasteiger partial charge is 0.488 e. The van der Waals surface area contributed by atoms with Gasteiger partial charge in [0, 0.05) is 30.8 Å². The molecule has 1 aliphatic rings. The monoisotopic (exact) mass is 353 g/mol. The number of pyridine rings is 1. The number of aromatic nitrogens is 3. The fraction of sp³-hybridized carbons (Fsp3) is 0.524. The molecule has 0 aliphatic carbocycles. The second-order valence-electron chi connectivity index (χ2n) is 7.56. The highest BCUT2D eigenvalue weighted by atomic mass is 16.5. The lowest BCUT2D eigenvalue weighted by molar-refractivity contribution is 0.141. The van der Waals surface area contributed by atoms with E-state index in [1.807, 2.05) is 18.3 Å². The Kier molecular flexibility index (Phi) is 4.81. The third-order valence-corrected chi connectivity index (χ3v) is 4.84. The van der Waals surface area contributed by atoms with E-state index in [1.165, 1.54) is 5.52 Å². The molecule has 3 aromatic rings. The van der Waals surface area contributed by atoms with Crippen LogP contribution in [0.5, 0.6) is 5.75 Å². The molecule has 5 nitrogen and oxygen atoms in total. The second kappa shape index (κ2) is 7.23. The van der Waals surface area contributed by atoms with Crippen molar-refractivity contribution >= 4 is 21.9 Å². The van der Waals surface area contributed by atoms with E-state index in [0.29, 0.717) is 12.5 Å². The van der Waals surface area contributed by atoms with Gasteiger partial charge < -0.3 is 14.0 Å². The number of hydrogen-bond donors (Lipinski definition) is 0.